The second-order valence-electron chi connectivity index (χ2n) is 8.93. The normalized spacial score (nSPS) is 36.3. The van der Waals surface area contributed by atoms with Crippen LogP contribution in [-0.4, -0.2) is 47.3 Å². The van der Waals surface area contributed by atoms with E-state index in [0.717, 1.165) is 18.8 Å². The Bertz CT molecular complexity index is 353. The first kappa shape index (κ1) is 15.8. The van der Waals surface area contributed by atoms with E-state index in [9.17, 15) is 5.11 Å². The standard InChI is InChI=1S/C18H34N2O/c1-17(2,3)14-7-10-20(11-8-14)16-6-9-18(12-16,13-21)19-15-4-5-15/h14-16,19,21H,4-13H2,1-3H3. The van der Waals surface area contributed by atoms with Gasteiger partial charge in [-0.2, -0.15) is 0 Å². The molecule has 122 valence electrons. The third-order valence-corrected chi connectivity index (χ3v) is 6.24. The van der Waals surface area contributed by atoms with Crippen molar-refractivity contribution in [1.29, 1.82) is 0 Å². The zero-order valence-electron chi connectivity index (χ0n) is 14.2. The van der Waals surface area contributed by atoms with Crippen LogP contribution in [0.1, 0.15) is 65.7 Å². The van der Waals surface area contributed by atoms with E-state index < -0.39 is 0 Å². The molecule has 3 nitrogen and oxygen atoms in total. The summed E-state index contributed by atoms with van der Waals surface area (Å²) >= 11 is 0. The Labute approximate surface area is 130 Å². The van der Waals surface area contributed by atoms with Gasteiger partial charge in [-0.05, 0) is 69.4 Å². The zero-order chi connectivity index (χ0) is 15.1. The molecule has 0 radical (unpaired) electrons. The largest absolute Gasteiger partial charge is 0.394 e. The number of hydrogen-bond donors (Lipinski definition) is 2. The summed E-state index contributed by atoms with van der Waals surface area (Å²) in [5.41, 5.74) is 0.497. The molecule has 2 saturated carbocycles. The Kier molecular flexibility index (Phi) is 4.37. The van der Waals surface area contributed by atoms with Gasteiger partial charge in [-0.1, -0.05) is 20.8 Å². The summed E-state index contributed by atoms with van der Waals surface area (Å²) in [6.45, 7) is 10.0. The molecule has 1 saturated heterocycles. The molecule has 1 aliphatic heterocycles. The Morgan fingerprint density at radius 1 is 1.10 bits per heavy atom. The second-order valence-corrected chi connectivity index (χ2v) is 8.93. The van der Waals surface area contributed by atoms with Crippen LogP contribution in [0, 0.1) is 11.3 Å². The van der Waals surface area contributed by atoms with Crippen LogP contribution in [0.5, 0.6) is 0 Å². The zero-order valence-corrected chi connectivity index (χ0v) is 14.2. The molecular formula is C18H34N2O. The minimum absolute atomic E-state index is 0.0344. The Hall–Kier alpha value is -0.120. The third-order valence-electron chi connectivity index (χ3n) is 6.24. The quantitative estimate of drug-likeness (QED) is 0.837. The average Bonchev–Trinajstić information content (AvgIpc) is 3.15. The van der Waals surface area contributed by atoms with Crippen molar-refractivity contribution in [2.24, 2.45) is 11.3 Å². The van der Waals surface area contributed by atoms with Crippen LogP contribution in [-0.2, 0) is 0 Å². The van der Waals surface area contributed by atoms with Crippen molar-refractivity contribution in [1.82, 2.24) is 10.2 Å². The van der Waals surface area contributed by atoms with Gasteiger partial charge in [0.1, 0.15) is 0 Å². The van der Waals surface area contributed by atoms with E-state index in [0.29, 0.717) is 24.1 Å². The van der Waals surface area contributed by atoms with Gasteiger partial charge in [0.15, 0.2) is 0 Å². The SMILES string of the molecule is CC(C)(C)C1CCN(C2CCC(CO)(NC3CC3)C2)CC1. The Balaban J connectivity index is 1.52. The molecule has 0 bridgehead atoms. The van der Waals surface area contributed by atoms with E-state index in [-0.39, 0.29) is 5.54 Å². The van der Waals surface area contributed by atoms with Gasteiger partial charge in [-0.15, -0.1) is 0 Å². The van der Waals surface area contributed by atoms with Gasteiger partial charge in [-0.3, -0.25) is 0 Å². The van der Waals surface area contributed by atoms with Gasteiger partial charge in [0, 0.05) is 17.6 Å². The predicted molar refractivity (Wildman–Crippen MR) is 87.4 cm³/mol. The summed E-state index contributed by atoms with van der Waals surface area (Å²) in [5, 5.41) is 13.6. The highest BCUT2D eigenvalue weighted by molar-refractivity contribution is 5.03. The highest BCUT2D eigenvalue weighted by atomic mass is 16.3. The van der Waals surface area contributed by atoms with Crippen molar-refractivity contribution < 1.29 is 5.11 Å². The van der Waals surface area contributed by atoms with Gasteiger partial charge >= 0.3 is 0 Å². The first-order valence-corrected chi connectivity index (χ1v) is 9.04. The van der Waals surface area contributed by atoms with Crippen LogP contribution < -0.4 is 5.32 Å². The molecule has 2 unspecified atom stereocenters. The fourth-order valence-corrected chi connectivity index (χ4v) is 4.52. The lowest BCUT2D eigenvalue weighted by Gasteiger charge is -2.41. The van der Waals surface area contributed by atoms with Crippen LogP contribution in [0.15, 0.2) is 0 Å². The van der Waals surface area contributed by atoms with E-state index >= 15 is 0 Å². The average molecular weight is 294 g/mol. The number of nitrogens with one attached hydrogen (secondary N) is 1. The first-order valence-electron chi connectivity index (χ1n) is 9.04. The van der Waals surface area contributed by atoms with Crippen LogP contribution in [0.2, 0.25) is 0 Å². The molecule has 2 atom stereocenters. The summed E-state index contributed by atoms with van der Waals surface area (Å²) in [5.74, 6) is 0.877. The van der Waals surface area contributed by atoms with Crippen molar-refractivity contribution in [2.75, 3.05) is 19.7 Å². The minimum Gasteiger partial charge on any atom is -0.394 e. The third kappa shape index (κ3) is 3.62. The number of hydrogen-bond acceptors (Lipinski definition) is 3. The second kappa shape index (κ2) is 5.82. The Morgan fingerprint density at radius 3 is 2.29 bits per heavy atom. The van der Waals surface area contributed by atoms with E-state index in [2.05, 4.69) is 31.0 Å². The van der Waals surface area contributed by atoms with Crippen molar-refractivity contribution in [3.8, 4) is 0 Å². The van der Waals surface area contributed by atoms with Crippen molar-refractivity contribution in [3.05, 3.63) is 0 Å². The molecule has 21 heavy (non-hydrogen) atoms. The van der Waals surface area contributed by atoms with Gasteiger partial charge < -0.3 is 15.3 Å². The lowest BCUT2D eigenvalue weighted by atomic mass is 9.75. The number of aliphatic hydroxyl groups excluding tert-OH is 1. The molecular weight excluding hydrogens is 260 g/mol. The molecule has 2 N–H and O–H groups in total. The van der Waals surface area contributed by atoms with Crippen LogP contribution >= 0.6 is 0 Å². The number of aliphatic hydroxyl groups is 1. The van der Waals surface area contributed by atoms with Crippen molar-refractivity contribution >= 4 is 0 Å². The fourth-order valence-electron chi connectivity index (χ4n) is 4.52. The molecule has 3 aliphatic rings. The van der Waals surface area contributed by atoms with E-state index in [4.69, 9.17) is 0 Å². The molecule has 1 heterocycles. The number of rotatable bonds is 4. The summed E-state index contributed by atoms with van der Waals surface area (Å²) in [4.78, 5) is 2.72. The van der Waals surface area contributed by atoms with Gasteiger partial charge in [0.2, 0.25) is 0 Å². The molecule has 3 rings (SSSR count). The van der Waals surface area contributed by atoms with Crippen LogP contribution in [0.3, 0.4) is 0 Å². The predicted octanol–water partition coefficient (Wildman–Crippen LogP) is 2.78. The summed E-state index contributed by atoms with van der Waals surface area (Å²) in [6.07, 6.45) is 8.89. The summed E-state index contributed by atoms with van der Waals surface area (Å²) < 4.78 is 0. The maximum absolute atomic E-state index is 9.88. The maximum atomic E-state index is 9.88. The topological polar surface area (TPSA) is 35.5 Å². The van der Waals surface area contributed by atoms with Gasteiger partial charge in [-0.25, -0.2) is 0 Å². The first-order chi connectivity index (χ1) is 9.92. The fraction of sp³-hybridized carbons (Fsp3) is 1.00. The summed E-state index contributed by atoms with van der Waals surface area (Å²) in [7, 11) is 0. The molecule has 0 aromatic heterocycles. The minimum atomic E-state index is 0.0344. The molecule has 3 fully saturated rings. The van der Waals surface area contributed by atoms with Crippen molar-refractivity contribution in [3.63, 3.8) is 0 Å². The molecule has 0 amide bonds. The monoisotopic (exact) mass is 294 g/mol. The highest BCUT2D eigenvalue weighted by Crippen LogP contribution is 2.39. The number of likely N-dealkylation sites (tertiary alicyclic amines) is 1. The molecule has 2 aliphatic carbocycles. The number of piperidine rings is 1. The summed E-state index contributed by atoms with van der Waals surface area (Å²) in [6, 6.07) is 1.40. The molecule has 0 aromatic rings. The smallest absolute Gasteiger partial charge is 0.0614 e. The van der Waals surface area contributed by atoms with Crippen LogP contribution in [0.25, 0.3) is 0 Å². The highest BCUT2D eigenvalue weighted by Gasteiger charge is 2.44. The molecule has 3 heteroatoms. The van der Waals surface area contributed by atoms with E-state index in [1.54, 1.807) is 0 Å². The lowest BCUT2D eigenvalue weighted by molar-refractivity contribution is 0.0769. The van der Waals surface area contributed by atoms with Crippen LogP contribution in [0.4, 0.5) is 0 Å². The Morgan fingerprint density at radius 2 is 1.76 bits per heavy atom. The lowest BCUT2D eigenvalue weighted by Crippen LogP contribution is -2.50. The van der Waals surface area contributed by atoms with Gasteiger partial charge in [0.25, 0.3) is 0 Å². The van der Waals surface area contributed by atoms with Crippen molar-refractivity contribution in [2.45, 2.75) is 83.3 Å². The molecule has 0 aromatic carbocycles. The van der Waals surface area contributed by atoms with E-state index in [1.165, 1.54) is 45.2 Å². The maximum Gasteiger partial charge on any atom is 0.0614 e. The van der Waals surface area contributed by atoms with E-state index in [1.807, 2.05) is 0 Å². The number of nitrogens with zero attached hydrogens (tertiary/aromatic N) is 1. The molecule has 0 spiro atoms. The van der Waals surface area contributed by atoms with Gasteiger partial charge in [0.05, 0.1) is 6.61 Å².